The van der Waals surface area contributed by atoms with Crippen LogP contribution >= 0.6 is 0 Å². The quantitative estimate of drug-likeness (QED) is 0.371. The van der Waals surface area contributed by atoms with Crippen molar-refractivity contribution >= 4 is 5.97 Å². The number of hydrogen-bond acceptors (Lipinski definition) is 3. The van der Waals surface area contributed by atoms with E-state index >= 15 is 0 Å². The summed E-state index contributed by atoms with van der Waals surface area (Å²) in [5.41, 5.74) is 0.926. The van der Waals surface area contributed by atoms with Gasteiger partial charge in [-0.1, -0.05) is 26.3 Å². The highest BCUT2D eigenvalue weighted by Gasteiger charge is 2.35. The molecule has 0 unspecified atom stereocenters. The first-order valence-electron chi connectivity index (χ1n) is 6.50. The van der Waals surface area contributed by atoms with Crippen LogP contribution in [0.5, 0.6) is 0 Å². The van der Waals surface area contributed by atoms with Crippen LogP contribution in [0.15, 0.2) is 12.2 Å². The summed E-state index contributed by atoms with van der Waals surface area (Å²) >= 11 is 0. The van der Waals surface area contributed by atoms with Gasteiger partial charge in [-0.05, 0) is 26.2 Å². The molecule has 0 aromatic rings. The minimum Gasteiger partial charge on any atom is -0.462 e. The first-order chi connectivity index (χ1) is 8.09. The van der Waals surface area contributed by atoms with Crippen LogP contribution in [0.25, 0.3) is 0 Å². The standard InChI is InChI=1S/C14H24O3/c1-4-14(10-16-11-14)8-6-5-7-9-17-13(15)12(2)3/h2,4-11H2,1,3H3. The second-order valence-corrected chi connectivity index (χ2v) is 5.07. The van der Waals surface area contributed by atoms with E-state index in [-0.39, 0.29) is 5.97 Å². The highest BCUT2D eigenvalue weighted by atomic mass is 16.5. The lowest BCUT2D eigenvalue weighted by atomic mass is 9.78. The number of esters is 1. The Balaban J connectivity index is 1.98. The Hall–Kier alpha value is -0.830. The summed E-state index contributed by atoms with van der Waals surface area (Å²) in [5.74, 6) is -0.276. The van der Waals surface area contributed by atoms with Crippen molar-refractivity contribution in [1.82, 2.24) is 0 Å². The number of ether oxygens (including phenoxy) is 2. The zero-order chi connectivity index (χ0) is 12.7. The van der Waals surface area contributed by atoms with Crippen LogP contribution in [-0.2, 0) is 14.3 Å². The average Bonchev–Trinajstić information content (AvgIpc) is 2.25. The fourth-order valence-electron chi connectivity index (χ4n) is 1.98. The van der Waals surface area contributed by atoms with E-state index in [4.69, 9.17) is 9.47 Å². The van der Waals surface area contributed by atoms with Crippen molar-refractivity contribution in [3.8, 4) is 0 Å². The van der Waals surface area contributed by atoms with Crippen LogP contribution in [0.3, 0.4) is 0 Å². The van der Waals surface area contributed by atoms with Gasteiger partial charge in [-0.2, -0.15) is 0 Å². The SMILES string of the molecule is C=C(C)C(=O)OCCCCCC1(CC)COC1. The summed E-state index contributed by atoms with van der Waals surface area (Å²) in [5, 5.41) is 0. The third kappa shape index (κ3) is 4.50. The molecule has 0 aromatic carbocycles. The van der Waals surface area contributed by atoms with E-state index < -0.39 is 0 Å². The lowest BCUT2D eigenvalue weighted by Crippen LogP contribution is -2.41. The second-order valence-electron chi connectivity index (χ2n) is 5.07. The van der Waals surface area contributed by atoms with Crippen LogP contribution in [0.4, 0.5) is 0 Å². The van der Waals surface area contributed by atoms with Gasteiger partial charge in [0.15, 0.2) is 0 Å². The Labute approximate surface area is 104 Å². The Morgan fingerprint density at radius 2 is 2.06 bits per heavy atom. The molecule has 17 heavy (non-hydrogen) atoms. The molecular weight excluding hydrogens is 216 g/mol. The molecule has 3 nitrogen and oxygen atoms in total. The maximum atomic E-state index is 11.1. The summed E-state index contributed by atoms with van der Waals surface area (Å²) in [6, 6.07) is 0. The van der Waals surface area contributed by atoms with Crippen LogP contribution in [0.1, 0.15) is 46.0 Å². The van der Waals surface area contributed by atoms with Crippen molar-refractivity contribution in [2.75, 3.05) is 19.8 Å². The van der Waals surface area contributed by atoms with Crippen molar-refractivity contribution in [1.29, 1.82) is 0 Å². The van der Waals surface area contributed by atoms with Gasteiger partial charge >= 0.3 is 5.97 Å². The predicted octanol–water partition coefficient (Wildman–Crippen LogP) is 3.09. The molecule has 0 aliphatic carbocycles. The fraction of sp³-hybridized carbons (Fsp3) is 0.786. The van der Waals surface area contributed by atoms with E-state index in [1.165, 1.54) is 19.3 Å². The van der Waals surface area contributed by atoms with Crippen LogP contribution in [-0.4, -0.2) is 25.8 Å². The zero-order valence-electron chi connectivity index (χ0n) is 11.1. The largest absolute Gasteiger partial charge is 0.462 e. The average molecular weight is 240 g/mol. The molecule has 0 bridgehead atoms. The summed E-state index contributed by atoms with van der Waals surface area (Å²) in [6.07, 6.45) is 5.70. The van der Waals surface area contributed by atoms with Gasteiger partial charge in [-0.3, -0.25) is 0 Å². The number of unbranched alkanes of at least 4 members (excludes halogenated alkanes) is 2. The number of carbonyl (C=O) groups is 1. The van der Waals surface area contributed by atoms with Crippen LogP contribution in [0, 0.1) is 5.41 Å². The first kappa shape index (κ1) is 14.2. The van der Waals surface area contributed by atoms with Crippen molar-refractivity contribution in [2.24, 2.45) is 5.41 Å². The van der Waals surface area contributed by atoms with Crippen molar-refractivity contribution < 1.29 is 14.3 Å². The van der Waals surface area contributed by atoms with Crippen molar-refractivity contribution in [2.45, 2.75) is 46.0 Å². The lowest BCUT2D eigenvalue weighted by molar-refractivity contribution is -0.139. The molecule has 1 fully saturated rings. The normalized spacial score (nSPS) is 17.3. The summed E-state index contributed by atoms with van der Waals surface area (Å²) in [6.45, 7) is 9.81. The molecule has 0 aromatic heterocycles. The van der Waals surface area contributed by atoms with Gasteiger partial charge in [-0.25, -0.2) is 4.79 Å². The molecule has 0 atom stereocenters. The predicted molar refractivity (Wildman–Crippen MR) is 67.8 cm³/mol. The number of carbonyl (C=O) groups excluding carboxylic acids is 1. The van der Waals surface area contributed by atoms with E-state index in [9.17, 15) is 4.79 Å². The molecule has 98 valence electrons. The molecule has 1 heterocycles. The van der Waals surface area contributed by atoms with Crippen molar-refractivity contribution in [3.63, 3.8) is 0 Å². The molecule has 0 amide bonds. The third-order valence-electron chi connectivity index (χ3n) is 3.50. The highest BCUT2D eigenvalue weighted by molar-refractivity contribution is 5.86. The van der Waals surface area contributed by atoms with E-state index in [0.29, 0.717) is 17.6 Å². The van der Waals surface area contributed by atoms with Gasteiger partial charge < -0.3 is 9.47 Å². The molecule has 1 rings (SSSR count). The van der Waals surface area contributed by atoms with Gasteiger partial charge in [0.2, 0.25) is 0 Å². The summed E-state index contributed by atoms with van der Waals surface area (Å²) < 4.78 is 10.3. The summed E-state index contributed by atoms with van der Waals surface area (Å²) in [7, 11) is 0. The minimum absolute atomic E-state index is 0.276. The molecule has 0 radical (unpaired) electrons. The van der Waals surface area contributed by atoms with Crippen LogP contribution in [0.2, 0.25) is 0 Å². The van der Waals surface area contributed by atoms with Gasteiger partial charge in [-0.15, -0.1) is 0 Å². The van der Waals surface area contributed by atoms with Crippen LogP contribution < -0.4 is 0 Å². The molecule has 0 spiro atoms. The van der Waals surface area contributed by atoms with E-state index in [1.54, 1.807) is 6.92 Å². The van der Waals surface area contributed by atoms with E-state index in [0.717, 1.165) is 26.1 Å². The Kier molecular flexibility index (Phi) is 5.69. The maximum Gasteiger partial charge on any atom is 0.333 e. The molecule has 1 aliphatic rings. The van der Waals surface area contributed by atoms with Gasteiger partial charge in [0.25, 0.3) is 0 Å². The van der Waals surface area contributed by atoms with Gasteiger partial charge in [0.1, 0.15) is 0 Å². The zero-order valence-corrected chi connectivity index (χ0v) is 11.1. The van der Waals surface area contributed by atoms with E-state index in [1.807, 2.05) is 0 Å². The molecule has 3 heteroatoms. The minimum atomic E-state index is -0.276. The Morgan fingerprint density at radius 3 is 2.53 bits per heavy atom. The van der Waals surface area contributed by atoms with Gasteiger partial charge in [0, 0.05) is 11.0 Å². The first-order valence-corrected chi connectivity index (χ1v) is 6.50. The maximum absolute atomic E-state index is 11.1. The molecular formula is C14H24O3. The lowest BCUT2D eigenvalue weighted by Gasteiger charge is -2.41. The summed E-state index contributed by atoms with van der Waals surface area (Å²) in [4.78, 5) is 11.1. The third-order valence-corrected chi connectivity index (χ3v) is 3.50. The monoisotopic (exact) mass is 240 g/mol. The molecule has 0 N–H and O–H groups in total. The number of rotatable bonds is 8. The second kappa shape index (κ2) is 6.80. The Bertz CT molecular complexity index is 261. The Morgan fingerprint density at radius 1 is 1.35 bits per heavy atom. The molecule has 1 saturated heterocycles. The highest BCUT2D eigenvalue weighted by Crippen LogP contribution is 2.36. The van der Waals surface area contributed by atoms with E-state index in [2.05, 4.69) is 13.5 Å². The van der Waals surface area contributed by atoms with Crippen molar-refractivity contribution in [3.05, 3.63) is 12.2 Å². The molecule has 0 saturated carbocycles. The smallest absolute Gasteiger partial charge is 0.333 e. The fourth-order valence-corrected chi connectivity index (χ4v) is 1.98. The molecule has 1 aliphatic heterocycles. The van der Waals surface area contributed by atoms with Gasteiger partial charge in [0.05, 0.1) is 19.8 Å². The number of hydrogen-bond donors (Lipinski definition) is 0. The topological polar surface area (TPSA) is 35.5 Å².